The highest BCUT2D eigenvalue weighted by atomic mass is 35.5. The van der Waals surface area contributed by atoms with Crippen molar-refractivity contribution in [1.82, 2.24) is 0 Å². The normalized spacial score (nSPS) is 22.1. The van der Waals surface area contributed by atoms with E-state index in [0.717, 1.165) is 56.1 Å². The van der Waals surface area contributed by atoms with Crippen molar-refractivity contribution in [3.8, 4) is 5.75 Å². The maximum Gasteiger partial charge on any atom is 0.178 e. The highest BCUT2D eigenvalue weighted by Crippen LogP contribution is 2.43. The van der Waals surface area contributed by atoms with E-state index >= 15 is 0 Å². The largest absolute Gasteiger partial charge is 0.488 e. The second kappa shape index (κ2) is 9.64. The van der Waals surface area contributed by atoms with Gasteiger partial charge in [-0.1, -0.05) is 48.1 Å². The topological polar surface area (TPSA) is 43.4 Å². The molecule has 0 aliphatic heterocycles. The van der Waals surface area contributed by atoms with Crippen LogP contribution in [0.5, 0.6) is 5.75 Å². The van der Waals surface area contributed by atoms with Gasteiger partial charge in [-0.25, -0.2) is 12.8 Å². The Kier molecular flexibility index (Phi) is 7.60. The third-order valence-corrected chi connectivity index (χ3v) is 7.62. The van der Waals surface area contributed by atoms with Gasteiger partial charge in [-0.15, -0.1) is 0 Å². The molecule has 2 aromatic rings. The van der Waals surface area contributed by atoms with Crippen molar-refractivity contribution in [1.29, 1.82) is 0 Å². The molecule has 30 heavy (non-hydrogen) atoms. The summed E-state index contributed by atoms with van der Waals surface area (Å²) in [7, 11) is -3.71. The van der Waals surface area contributed by atoms with Crippen molar-refractivity contribution in [2.75, 3.05) is 6.26 Å². The van der Waals surface area contributed by atoms with Crippen LogP contribution in [0.4, 0.5) is 4.39 Å². The van der Waals surface area contributed by atoms with Gasteiger partial charge in [0.1, 0.15) is 22.6 Å². The zero-order valence-corrected chi connectivity index (χ0v) is 19.9. The average molecular weight is 494 g/mol. The number of rotatable bonds is 6. The fraction of sp³-hybridized carbons (Fsp3) is 0.455. The summed E-state index contributed by atoms with van der Waals surface area (Å²) in [4.78, 5) is -0.427. The van der Waals surface area contributed by atoms with Crippen LogP contribution in [-0.4, -0.2) is 20.8 Å². The van der Waals surface area contributed by atoms with Gasteiger partial charge < -0.3 is 4.74 Å². The summed E-state index contributed by atoms with van der Waals surface area (Å²) < 4.78 is 43.9. The summed E-state index contributed by atoms with van der Waals surface area (Å²) in [6, 6.07) is 7.72. The summed E-state index contributed by atoms with van der Waals surface area (Å²) in [5, 5.41) is 1.46. The Bertz CT molecular complexity index is 1030. The molecule has 1 aliphatic rings. The minimum atomic E-state index is -3.71. The van der Waals surface area contributed by atoms with Gasteiger partial charge in [0.2, 0.25) is 0 Å². The van der Waals surface area contributed by atoms with Crippen molar-refractivity contribution < 1.29 is 17.5 Å². The van der Waals surface area contributed by atoms with Crippen molar-refractivity contribution >= 4 is 44.6 Å². The smallest absolute Gasteiger partial charge is 0.178 e. The van der Waals surface area contributed by atoms with Crippen LogP contribution in [0.1, 0.15) is 50.5 Å². The van der Waals surface area contributed by atoms with Crippen LogP contribution in [0.3, 0.4) is 0 Å². The third-order valence-electron chi connectivity index (χ3n) is 5.63. The Labute approximate surface area is 192 Å². The van der Waals surface area contributed by atoms with Crippen LogP contribution in [0.15, 0.2) is 35.2 Å². The molecule has 0 bridgehead atoms. The van der Waals surface area contributed by atoms with Crippen LogP contribution in [0.2, 0.25) is 15.1 Å². The molecule has 1 fully saturated rings. The van der Waals surface area contributed by atoms with Crippen LogP contribution >= 0.6 is 34.8 Å². The van der Waals surface area contributed by atoms with Gasteiger partial charge in [-0.3, -0.25) is 0 Å². The second-order valence-corrected chi connectivity index (χ2v) is 11.1. The lowest BCUT2D eigenvalue weighted by Crippen LogP contribution is -2.33. The van der Waals surface area contributed by atoms with Gasteiger partial charge in [-0.05, 0) is 67.3 Å². The van der Waals surface area contributed by atoms with E-state index in [1.54, 1.807) is 6.07 Å². The molecular weight excluding hydrogens is 470 g/mol. The Hall–Kier alpha value is -1.01. The number of halogens is 4. The van der Waals surface area contributed by atoms with E-state index in [1.807, 2.05) is 12.1 Å². The third kappa shape index (κ3) is 5.42. The Balaban J connectivity index is 1.82. The number of benzene rings is 2. The van der Waals surface area contributed by atoms with Gasteiger partial charge in [0.05, 0.1) is 5.02 Å². The molecule has 0 N–H and O–H groups in total. The lowest BCUT2D eigenvalue weighted by atomic mass is 9.74. The predicted molar refractivity (Wildman–Crippen MR) is 120 cm³/mol. The van der Waals surface area contributed by atoms with Gasteiger partial charge in [-0.2, -0.15) is 0 Å². The van der Waals surface area contributed by atoms with E-state index in [1.165, 1.54) is 0 Å². The first-order valence-corrected chi connectivity index (χ1v) is 12.9. The SMILES string of the molecule is CCC[C@H]1C[C@@H](c2cc(Cl)ccc2Cl)CC[C@@H]1Oc1cc(F)c(S(C)(=O)=O)cc1Cl. The van der Waals surface area contributed by atoms with Crippen LogP contribution < -0.4 is 4.74 Å². The molecular formula is C22H24Cl3FO3S. The van der Waals surface area contributed by atoms with Crippen molar-refractivity contribution in [2.45, 2.75) is 55.9 Å². The molecule has 0 saturated heterocycles. The minimum Gasteiger partial charge on any atom is -0.488 e. The zero-order chi connectivity index (χ0) is 22.1. The molecule has 0 heterocycles. The number of sulfone groups is 1. The molecule has 1 saturated carbocycles. The van der Waals surface area contributed by atoms with E-state index in [9.17, 15) is 12.8 Å². The van der Waals surface area contributed by atoms with Crippen molar-refractivity contribution in [2.24, 2.45) is 5.92 Å². The second-order valence-electron chi connectivity index (χ2n) is 7.87. The fourth-order valence-electron chi connectivity index (χ4n) is 4.22. The van der Waals surface area contributed by atoms with Gasteiger partial charge >= 0.3 is 0 Å². The maximum absolute atomic E-state index is 14.3. The first kappa shape index (κ1) is 23.6. The summed E-state index contributed by atoms with van der Waals surface area (Å²) in [5.74, 6) is -0.180. The standard InChI is InChI=1S/C22H24Cl3FO3S/c1-3-4-14-9-13(16-10-15(23)6-7-17(16)24)5-8-20(14)29-21-12-19(26)22(11-18(21)25)30(2,27)28/h6-7,10-14,20H,3-5,8-9H2,1-2H3/t13-,14-,20-/m0/s1. The number of hydrogen-bond donors (Lipinski definition) is 0. The van der Waals surface area contributed by atoms with Crippen LogP contribution in [-0.2, 0) is 9.84 Å². The highest BCUT2D eigenvalue weighted by molar-refractivity contribution is 7.90. The molecule has 3 nitrogen and oxygen atoms in total. The predicted octanol–water partition coefficient (Wildman–Crippen LogP) is 7.32. The van der Waals surface area contributed by atoms with E-state index in [0.29, 0.717) is 10.0 Å². The molecule has 0 unspecified atom stereocenters. The van der Waals surface area contributed by atoms with Crippen molar-refractivity contribution in [3.63, 3.8) is 0 Å². The van der Waals surface area contributed by atoms with Crippen molar-refractivity contribution in [3.05, 3.63) is 56.8 Å². The highest BCUT2D eigenvalue weighted by Gasteiger charge is 2.33. The molecule has 0 amide bonds. The van der Waals surface area contributed by atoms with Gasteiger partial charge in [0.15, 0.2) is 9.84 Å². The van der Waals surface area contributed by atoms with Crippen LogP contribution in [0, 0.1) is 11.7 Å². The van der Waals surface area contributed by atoms with Gasteiger partial charge in [0, 0.05) is 22.4 Å². The number of ether oxygens (including phenoxy) is 1. The Morgan fingerprint density at radius 2 is 1.83 bits per heavy atom. The molecule has 164 valence electrons. The molecule has 3 rings (SSSR count). The summed E-state index contributed by atoms with van der Waals surface area (Å²) in [6.07, 6.45) is 5.22. The molecule has 0 aromatic heterocycles. The lowest BCUT2D eigenvalue weighted by molar-refractivity contribution is 0.0781. The fourth-order valence-corrected chi connectivity index (χ4v) is 5.69. The van der Waals surface area contributed by atoms with E-state index in [4.69, 9.17) is 39.5 Å². The number of hydrogen-bond acceptors (Lipinski definition) is 3. The Morgan fingerprint density at radius 3 is 2.50 bits per heavy atom. The first-order chi connectivity index (χ1) is 14.1. The maximum atomic E-state index is 14.3. The van der Waals surface area contributed by atoms with E-state index in [2.05, 4.69) is 6.92 Å². The molecule has 3 atom stereocenters. The molecule has 1 aliphatic carbocycles. The zero-order valence-electron chi connectivity index (χ0n) is 16.8. The summed E-state index contributed by atoms with van der Waals surface area (Å²) >= 11 is 18.8. The van der Waals surface area contributed by atoms with E-state index in [-0.39, 0.29) is 28.7 Å². The quantitative estimate of drug-likeness (QED) is 0.423. The molecule has 8 heteroatoms. The summed E-state index contributed by atoms with van der Waals surface area (Å²) in [6.45, 7) is 2.11. The van der Waals surface area contributed by atoms with E-state index < -0.39 is 20.5 Å². The van der Waals surface area contributed by atoms with Crippen LogP contribution in [0.25, 0.3) is 0 Å². The minimum absolute atomic E-state index is 0.0899. The summed E-state index contributed by atoms with van der Waals surface area (Å²) in [5.41, 5.74) is 1.05. The molecule has 0 spiro atoms. The van der Waals surface area contributed by atoms with Gasteiger partial charge in [0.25, 0.3) is 0 Å². The average Bonchev–Trinajstić information content (AvgIpc) is 2.67. The monoisotopic (exact) mass is 492 g/mol. The molecule has 0 radical (unpaired) electrons. The molecule has 2 aromatic carbocycles. The Morgan fingerprint density at radius 1 is 1.10 bits per heavy atom. The first-order valence-electron chi connectivity index (χ1n) is 9.90. The lowest BCUT2D eigenvalue weighted by Gasteiger charge is -2.37.